The van der Waals surface area contributed by atoms with Crippen LogP contribution in [0.4, 0.5) is 5.69 Å². The van der Waals surface area contributed by atoms with E-state index in [4.69, 9.17) is 0 Å². The molecule has 0 aromatic heterocycles. The van der Waals surface area contributed by atoms with Gasteiger partial charge in [0.1, 0.15) is 6.54 Å². The fourth-order valence-corrected chi connectivity index (χ4v) is 1.21. The molecular weight excluding hydrogens is 138 g/mol. The lowest BCUT2D eigenvalue weighted by Crippen LogP contribution is -2.12. The van der Waals surface area contributed by atoms with Crippen LogP contribution < -0.4 is 4.90 Å². The molecule has 0 aliphatic carbocycles. The summed E-state index contributed by atoms with van der Waals surface area (Å²) in [6.45, 7) is 2.88. The summed E-state index contributed by atoms with van der Waals surface area (Å²) in [7, 11) is 0. The van der Waals surface area contributed by atoms with Crippen LogP contribution in [0.1, 0.15) is 5.56 Å². The number of para-hydroxylation sites is 1. The van der Waals surface area contributed by atoms with Crippen molar-refractivity contribution in [2.75, 3.05) is 4.90 Å². The van der Waals surface area contributed by atoms with Crippen molar-refractivity contribution in [1.29, 1.82) is 0 Å². The maximum absolute atomic E-state index is 10.3. The van der Waals surface area contributed by atoms with E-state index in [1.807, 2.05) is 24.3 Å². The number of benzene rings is 1. The lowest BCUT2D eigenvalue weighted by atomic mass is 10.2. The third kappa shape index (κ3) is 0.909. The Morgan fingerprint density at radius 1 is 1.45 bits per heavy atom. The van der Waals surface area contributed by atoms with Gasteiger partial charge >= 0.3 is 6.41 Å². The molecule has 11 heavy (non-hydrogen) atoms. The van der Waals surface area contributed by atoms with Gasteiger partial charge in [0, 0.05) is 12.1 Å². The van der Waals surface area contributed by atoms with Crippen LogP contribution in [0.3, 0.4) is 0 Å². The zero-order chi connectivity index (χ0) is 7.68. The maximum atomic E-state index is 10.3. The fourth-order valence-electron chi connectivity index (χ4n) is 1.21. The molecule has 2 rings (SSSR count). The van der Waals surface area contributed by atoms with Crippen LogP contribution in [0.5, 0.6) is 0 Å². The number of hydrogen-bond acceptors (Lipinski definition) is 1. The van der Waals surface area contributed by atoms with Gasteiger partial charge in [-0.15, -0.1) is 0 Å². The highest BCUT2D eigenvalue weighted by Crippen LogP contribution is 2.27. The molecule has 1 aromatic carbocycles. The fraction of sp³-hybridized carbons (Fsp3) is 0.111. The largest absolute Gasteiger partial charge is 0.317 e. The van der Waals surface area contributed by atoms with Gasteiger partial charge in [0.25, 0.3) is 0 Å². The number of anilines is 1. The van der Waals surface area contributed by atoms with Crippen molar-refractivity contribution in [3.63, 3.8) is 0 Å². The molecule has 1 aliphatic rings. The van der Waals surface area contributed by atoms with Crippen molar-refractivity contribution in [1.82, 2.24) is 0 Å². The van der Waals surface area contributed by atoms with E-state index in [1.54, 1.807) is 6.41 Å². The number of nitrogens with zero attached hydrogens (tertiary/aromatic N) is 1. The second-order valence-electron chi connectivity index (χ2n) is 2.39. The van der Waals surface area contributed by atoms with Crippen molar-refractivity contribution in [3.8, 4) is 0 Å². The van der Waals surface area contributed by atoms with Gasteiger partial charge in [0.05, 0.1) is 0 Å². The first kappa shape index (κ1) is 6.40. The first-order chi connectivity index (χ1) is 5.42. The van der Waals surface area contributed by atoms with E-state index in [0.29, 0.717) is 6.42 Å². The molecule has 0 bridgehead atoms. The molecular formula is C9H6NO. The number of fused-ring (bicyclic) bond motifs is 1. The highest BCUT2D eigenvalue weighted by atomic mass is 16.1. The summed E-state index contributed by atoms with van der Waals surface area (Å²) in [5.74, 6) is 0. The Bertz CT molecular complexity index is 283. The van der Waals surface area contributed by atoms with Gasteiger partial charge in [-0.2, -0.15) is 0 Å². The Hall–Kier alpha value is -1.31. The maximum Gasteiger partial charge on any atom is 0.317 e. The highest BCUT2D eigenvalue weighted by Gasteiger charge is 2.18. The van der Waals surface area contributed by atoms with E-state index in [0.717, 1.165) is 11.3 Å². The van der Waals surface area contributed by atoms with Crippen molar-refractivity contribution in [3.05, 3.63) is 36.4 Å². The molecule has 2 nitrogen and oxygen atoms in total. The van der Waals surface area contributed by atoms with Crippen molar-refractivity contribution >= 4 is 12.1 Å². The van der Waals surface area contributed by atoms with E-state index < -0.39 is 0 Å². The molecule has 0 spiro atoms. The van der Waals surface area contributed by atoms with Crippen LogP contribution in [0.25, 0.3) is 0 Å². The van der Waals surface area contributed by atoms with Crippen molar-refractivity contribution in [2.24, 2.45) is 0 Å². The predicted molar refractivity (Wildman–Crippen MR) is 41.6 cm³/mol. The molecule has 0 saturated heterocycles. The van der Waals surface area contributed by atoms with Crippen LogP contribution in [0.2, 0.25) is 0 Å². The average Bonchev–Trinajstić information content (AvgIpc) is 2.47. The van der Waals surface area contributed by atoms with E-state index in [1.165, 1.54) is 4.90 Å². The molecule has 1 aromatic rings. The second kappa shape index (κ2) is 2.38. The van der Waals surface area contributed by atoms with E-state index in [2.05, 4.69) is 6.54 Å². The van der Waals surface area contributed by atoms with Gasteiger partial charge in [-0.05, 0) is 11.6 Å². The summed E-state index contributed by atoms with van der Waals surface area (Å²) in [6.07, 6.45) is 2.51. The van der Waals surface area contributed by atoms with Gasteiger partial charge in [-0.3, -0.25) is 9.69 Å². The SMILES string of the molecule is O=[C]N1[C]Cc2ccccc21. The third-order valence-corrected chi connectivity index (χ3v) is 1.75. The molecule has 1 amide bonds. The lowest BCUT2D eigenvalue weighted by Gasteiger charge is -2.05. The predicted octanol–water partition coefficient (Wildman–Crippen LogP) is 1.16. The molecule has 0 saturated carbocycles. The summed E-state index contributed by atoms with van der Waals surface area (Å²) < 4.78 is 0. The highest BCUT2D eigenvalue weighted by molar-refractivity contribution is 5.81. The van der Waals surface area contributed by atoms with Crippen LogP contribution in [-0.4, -0.2) is 6.41 Å². The second-order valence-corrected chi connectivity index (χ2v) is 2.39. The molecule has 0 atom stereocenters. The summed E-state index contributed by atoms with van der Waals surface area (Å²) >= 11 is 0. The van der Waals surface area contributed by atoms with E-state index in [-0.39, 0.29) is 0 Å². The molecule has 1 heterocycles. The first-order valence-corrected chi connectivity index (χ1v) is 3.41. The Morgan fingerprint density at radius 3 is 3.09 bits per heavy atom. The first-order valence-electron chi connectivity index (χ1n) is 3.41. The normalized spacial score (nSPS) is 14.7. The molecule has 0 fully saturated rings. The number of amides is 1. The standard InChI is InChI=1S/C9H6NO/c11-7-10-6-5-8-3-1-2-4-9(8)10/h1-4H,5H2. The molecule has 0 unspecified atom stereocenters. The third-order valence-electron chi connectivity index (χ3n) is 1.75. The molecule has 53 valence electrons. The zero-order valence-corrected chi connectivity index (χ0v) is 5.87. The average molecular weight is 144 g/mol. The summed E-state index contributed by atoms with van der Waals surface area (Å²) in [4.78, 5) is 11.7. The lowest BCUT2D eigenvalue weighted by molar-refractivity contribution is 0.555. The van der Waals surface area contributed by atoms with Gasteiger partial charge in [0.15, 0.2) is 0 Å². The van der Waals surface area contributed by atoms with Gasteiger partial charge in [-0.1, -0.05) is 18.2 Å². The minimum absolute atomic E-state index is 0.714. The van der Waals surface area contributed by atoms with E-state index in [9.17, 15) is 4.79 Å². The smallest absolute Gasteiger partial charge is 0.292 e. The summed E-state index contributed by atoms with van der Waals surface area (Å²) in [5, 5.41) is 0. The Morgan fingerprint density at radius 2 is 2.27 bits per heavy atom. The van der Waals surface area contributed by atoms with Crippen molar-refractivity contribution in [2.45, 2.75) is 6.42 Å². The minimum Gasteiger partial charge on any atom is -0.292 e. The van der Waals surface area contributed by atoms with Gasteiger partial charge in [-0.25, -0.2) is 0 Å². The zero-order valence-electron chi connectivity index (χ0n) is 5.87. The van der Waals surface area contributed by atoms with Crippen molar-refractivity contribution < 1.29 is 4.79 Å². The van der Waals surface area contributed by atoms with Crippen LogP contribution >= 0.6 is 0 Å². The molecule has 0 N–H and O–H groups in total. The Balaban J connectivity index is 2.46. The van der Waals surface area contributed by atoms with Crippen LogP contribution in [0.15, 0.2) is 24.3 Å². The van der Waals surface area contributed by atoms with Gasteiger partial charge in [0.2, 0.25) is 0 Å². The Kier molecular flexibility index (Phi) is 1.39. The summed E-state index contributed by atoms with van der Waals surface area (Å²) in [6, 6.07) is 7.73. The van der Waals surface area contributed by atoms with E-state index >= 15 is 0 Å². The van der Waals surface area contributed by atoms with Gasteiger partial charge < -0.3 is 0 Å². The quantitative estimate of drug-likeness (QED) is 0.579. The number of hydrogen-bond donors (Lipinski definition) is 0. The number of carbonyl (C=O) groups excluding carboxylic acids is 1. The molecule has 1 aliphatic heterocycles. The Labute approximate surface area is 65.4 Å². The van der Waals surface area contributed by atoms with Crippen LogP contribution in [0, 0.1) is 6.54 Å². The summed E-state index contributed by atoms with van der Waals surface area (Å²) in [5.41, 5.74) is 2.04. The minimum atomic E-state index is 0.714. The number of rotatable bonds is 1. The topological polar surface area (TPSA) is 20.3 Å². The monoisotopic (exact) mass is 144 g/mol. The molecule has 3 radical (unpaired) electrons. The molecule has 2 heteroatoms. The van der Waals surface area contributed by atoms with Crippen LogP contribution in [-0.2, 0) is 11.2 Å².